The van der Waals surface area contributed by atoms with E-state index in [-0.39, 0.29) is 34.4 Å². The van der Waals surface area contributed by atoms with Gasteiger partial charge in [0.1, 0.15) is 0 Å². The van der Waals surface area contributed by atoms with Gasteiger partial charge in [0.05, 0.1) is 0 Å². The maximum atomic E-state index is 7.82. The van der Waals surface area contributed by atoms with Crippen LogP contribution in [0.15, 0.2) is 218 Å². The van der Waals surface area contributed by atoms with Crippen molar-refractivity contribution in [3.05, 3.63) is 230 Å². The summed E-state index contributed by atoms with van der Waals surface area (Å²) in [6.07, 6.45) is 0. The normalized spacial score (nSPS) is 13.2. The van der Waals surface area contributed by atoms with Gasteiger partial charge in [0.2, 0.25) is 0 Å². The van der Waals surface area contributed by atoms with Gasteiger partial charge in [-0.05, 0) is 0 Å². The first-order valence-corrected chi connectivity index (χ1v) is 28.7. The predicted molar refractivity (Wildman–Crippen MR) is 246 cm³/mol. The number of hydrogen-bond donors (Lipinski definition) is 0. The van der Waals surface area contributed by atoms with Crippen molar-refractivity contribution in [1.29, 1.82) is 0 Å². The second-order valence-electron chi connectivity index (χ2n) is 14.4. The molecule has 1 aliphatic heterocycles. The van der Waals surface area contributed by atoms with Crippen molar-refractivity contribution in [1.82, 2.24) is 0 Å². The molecule has 0 atom stereocenters. The number of benzene rings is 8. The Bertz CT molecular complexity index is 2310. The SMILES string of the molecule is CC1(C)c2cccc([P+]([Se]c3ccccc3)(c3ccccc3)c3ccccc3)c2Oc2c1cccc2[P+]([Se]c1ccccc1)(c1ccccc1)c1ccccc1. The van der Waals surface area contributed by atoms with Crippen molar-refractivity contribution in [2.45, 2.75) is 19.3 Å². The quantitative estimate of drug-likeness (QED) is 0.0989. The molecular weight excluding hydrogens is 848 g/mol. The summed E-state index contributed by atoms with van der Waals surface area (Å²) in [5, 5.41) is 8.17. The van der Waals surface area contributed by atoms with Crippen LogP contribution in [0.3, 0.4) is 0 Å². The summed E-state index contributed by atoms with van der Waals surface area (Å²) >= 11 is 0.112. The van der Waals surface area contributed by atoms with Gasteiger partial charge in [-0.25, -0.2) is 0 Å². The summed E-state index contributed by atoms with van der Waals surface area (Å²) in [4.78, 5) is 0. The zero-order chi connectivity index (χ0) is 38.0. The molecular formula is C51H42OP2Se2+2. The van der Waals surface area contributed by atoms with Gasteiger partial charge in [0.25, 0.3) is 0 Å². The van der Waals surface area contributed by atoms with Crippen molar-refractivity contribution in [3.8, 4) is 11.5 Å². The molecule has 0 bridgehead atoms. The molecule has 0 amide bonds. The molecule has 1 nitrogen and oxygen atoms in total. The molecule has 0 saturated heterocycles. The summed E-state index contributed by atoms with van der Waals surface area (Å²) in [5.74, 6) is -2.50. The van der Waals surface area contributed by atoms with Crippen LogP contribution in [0.5, 0.6) is 11.5 Å². The van der Waals surface area contributed by atoms with Crippen LogP contribution in [0.1, 0.15) is 25.0 Å². The Morgan fingerprint density at radius 1 is 0.339 bits per heavy atom. The standard InChI is InChI=1S/C51H42OP2Se2/c1-51(2)45-35-21-37-47(53(39-23-9-3-10-24-39,40-25-11-4-12-26-40)55-43-31-17-7-18-32-43)49(45)52-50-46(51)36-22-38-48(50)54(41-27-13-5-14-28-41,42-29-15-6-16-30-42)56-44-33-19-8-20-34-44/h3-38H,1-2H3/q+2. The number of hydrogen-bond acceptors (Lipinski definition) is 1. The van der Waals surface area contributed by atoms with Crippen LogP contribution in [0, 0.1) is 0 Å². The van der Waals surface area contributed by atoms with E-state index in [1.165, 1.54) is 51.9 Å². The first-order valence-electron chi connectivity index (χ1n) is 19.0. The van der Waals surface area contributed by atoms with Crippen LogP contribution < -0.4 is 45.5 Å². The average molecular weight is 891 g/mol. The third-order valence-corrected chi connectivity index (χ3v) is 32.8. The fourth-order valence-corrected chi connectivity index (χ4v) is 30.0. The third kappa shape index (κ3) is 6.52. The molecule has 9 rings (SSSR count). The molecule has 1 aliphatic rings. The van der Waals surface area contributed by atoms with E-state index in [0.717, 1.165) is 11.5 Å². The van der Waals surface area contributed by atoms with Gasteiger partial charge in [-0.2, -0.15) is 0 Å². The van der Waals surface area contributed by atoms with Gasteiger partial charge in [0.15, 0.2) is 0 Å². The van der Waals surface area contributed by atoms with E-state index in [1.54, 1.807) is 0 Å². The van der Waals surface area contributed by atoms with Crippen LogP contribution in [0.25, 0.3) is 0 Å². The second kappa shape index (κ2) is 15.8. The molecule has 272 valence electrons. The molecule has 0 fully saturated rings. The molecule has 0 spiro atoms. The van der Waals surface area contributed by atoms with Gasteiger partial charge in [0, 0.05) is 0 Å². The molecule has 8 aromatic rings. The first kappa shape index (κ1) is 37.1. The summed E-state index contributed by atoms with van der Waals surface area (Å²) in [7, 11) is 0. The Morgan fingerprint density at radius 3 is 0.929 bits per heavy atom. The van der Waals surface area contributed by atoms with Crippen molar-refractivity contribution in [2.24, 2.45) is 0 Å². The summed E-state index contributed by atoms with van der Waals surface area (Å²) in [5.41, 5.74) is 2.17. The number of ether oxygens (including phenoxy) is 1. The fourth-order valence-electron chi connectivity index (χ4n) is 7.99. The van der Waals surface area contributed by atoms with Crippen molar-refractivity contribution in [2.75, 3.05) is 0 Å². The summed E-state index contributed by atoms with van der Waals surface area (Å²) in [6, 6.07) is 81.5. The van der Waals surface area contributed by atoms with Crippen molar-refractivity contribution in [3.63, 3.8) is 0 Å². The van der Waals surface area contributed by atoms with E-state index >= 15 is 0 Å². The Hall–Kier alpha value is -4.54. The monoisotopic (exact) mass is 892 g/mol. The Morgan fingerprint density at radius 2 is 0.625 bits per heavy atom. The third-order valence-electron chi connectivity index (χ3n) is 10.7. The van der Waals surface area contributed by atoms with E-state index in [2.05, 4.69) is 232 Å². The van der Waals surface area contributed by atoms with E-state index in [0.29, 0.717) is 0 Å². The topological polar surface area (TPSA) is 9.23 Å². The van der Waals surface area contributed by atoms with Crippen LogP contribution in [-0.2, 0) is 5.41 Å². The van der Waals surface area contributed by atoms with Gasteiger partial charge in [-0.3, -0.25) is 0 Å². The van der Waals surface area contributed by atoms with Crippen molar-refractivity contribution >= 4 is 81.7 Å². The minimum atomic E-state index is -2.28. The van der Waals surface area contributed by atoms with Gasteiger partial charge >= 0.3 is 347 Å². The molecule has 0 aliphatic carbocycles. The second-order valence-corrected chi connectivity index (χ2v) is 31.4. The summed E-state index contributed by atoms with van der Waals surface area (Å²) < 4.78 is 10.6. The van der Waals surface area contributed by atoms with Gasteiger partial charge in [-0.15, -0.1) is 0 Å². The van der Waals surface area contributed by atoms with Crippen LogP contribution >= 0.6 is 11.9 Å². The maximum absolute atomic E-state index is 7.82. The Labute approximate surface area is 344 Å². The average Bonchev–Trinajstić information content (AvgIpc) is 3.26. The molecule has 0 unspecified atom stereocenters. The van der Waals surface area contributed by atoms with Crippen LogP contribution in [0.2, 0.25) is 0 Å². The molecule has 0 N–H and O–H groups in total. The van der Waals surface area contributed by atoms with E-state index < -0.39 is 11.9 Å². The molecule has 0 radical (unpaired) electrons. The first-order chi connectivity index (χ1) is 27.5. The zero-order valence-electron chi connectivity index (χ0n) is 31.4. The van der Waals surface area contributed by atoms with E-state index in [1.807, 2.05) is 0 Å². The molecule has 0 saturated carbocycles. The van der Waals surface area contributed by atoms with Gasteiger partial charge < -0.3 is 0 Å². The molecule has 5 heteroatoms. The van der Waals surface area contributed by atoms with E-state index in [9.17, 15) is 0 Å². The predicted octanol–water partition coefficient (Wildman–Crippen LogP) is 8.60. The van der Waals surface area contributed by atoms with Gasteiger partial charge in [-0.1, -0.05) is 0 Å². The number of fused-ring (bicyclic) bond motifs is 2. The number of para-hydroxylation sites is 2. The molecule has 1 heterocycles. The summed E-state index contributed by atoms with van der Waals surface area (Å²) in [6.45, 7) is 4.81. The molecule has 8 aromatic carbocycles. The molecule has 56 heavy (non-hydrogen) atoms. The fraction of sp³-hybridized carbons (Fsp3) is 0.0588. The van der Waals surface area contributed by atoms with Crippen LogP contribution in [0.4, 0.5) is 0 Å². The number of rotatable bonds is 10. The minimum absolute atomic E-state index is 0.0562. The van der Waals surface area contributed by atoms with Crippen LogP contribution in [-0.4, -0.2) is 29.0 Å². The van der Waals surface area contributed by atoms with E-state index in [4.69, 9.17) is 4.74 Å². The van der Waals surface area contributed by atoms with Crippen molar-refractivity contribution < 1.29 is 4.74 Å². The molecule has 0 aromatic heterocycles. The Kier molecular flexibility index (Phi) is 10.4. The Balaban J connectivity index is 1.35. The zero-order valence-corrected chi connectivity index (χ0v) is 36.6.